The first-order valence-electron chi connectivity index (χ1n) is 9.62. The summed E-state index contributed by atoms with van der Waals surface area (Å²) in [6.07, 6.45) is 0.563. The van der Waals surface area contributed by atoms with E-state index >= 15 is 0 Å². The van der Waals surface area contributed by atoms with E-state index < -0.39 is 0 Å². The minimum atomic E-state index is -0.266. The van der Waals surface area contributed by atoms with Gasteiger partial charge in [-0.2, -0.15) is 0 Å². The van der Waals surface area contributed by atoms with Crippen LogP contribution in [0.4, 0.5) is 4.39 Å². The lowest BCUT2D eigenvalue weighted by Gasteiger charge is -2.16. The van der Waals surface area contributed by atoms with E-state index in [9.17, 15) is 4.39 Å². The second-order valence-corrected chi connectivity index (χ2v) is 6.36. The van der Waals surface area contributed by atoms with Crippen molar-refractivity contribution in [1.29, 1.82) is 0 Å². The molecule has 0 bridgehead atoms. The summed E-state index contributed by atoms with van der Waals surface area (Å²) in [5.41, 5.74) is 2.02. The zero-order valence-electron chi connectivity index (χ0n) is 17.5. The maximum atomic E-state index is 13.1. The lowest BCUT2D eigenvalue weighted by Crippen LogP contribution is -2.38. The van der Waals surface area contributed by atoms with Gasteiger partial charge >= 0.3 is 0 Å². The van der Waals surface area contributed by atoms with Crippen molar-refractivity contribution in [1.82, 2.24) is 10.6 Å². The molecular weight excluding hydrogens is 373 g/mol. The van der Waals surface area contributed by atoms with Crippen molar-refractivity contribution in [3.05, 3.63) is 59.4 Å². The third-order valence-corrected chi connectivity index (χ3v) is 4.44. The first kappa shape index (κ1) is 22.5. The molecule has 0 heterocycles. The normalized spacial score (nSPS) is 12.4. The summed E-state index contributed by atoms with van der Waals surface area (Å²) in [6, 6.07) is 12.2. The number of aliphatic imine (C=N–C) groups is 1. The van der Waals surface area contributed by atoms with Gasteiger partial charge in [0, 0.05) is 20.2 Å². The van der Waals surface area contributed by atoms with E-state index in [1.807, 2.05) is 25.1 Å². The fourth-order valence-electron chi connectivity index (χ4n) is 2.87. The second-order valence-electron chi connectivity index (χ2n) is 6.36. The van der Waals surface area contributed by atoms with Crippen molar-refractivity contribution in [2.45, 2.75) is 19.4 Å². The fourth-order valence-corrected chi connectivity index (χ4v) is 2.87. The highest BCUT2D eigenvalue weighted by molar-refractivity contribution is 5.79. The van der Waals surface area contributed by atoms with Gasteiger partial charge in [0.2, 0.25) is 0 Å². The molecule has 1 unspecified atom stereocenters. The van der Waals surface area contributed by atoms with E-state index in [-0.39, 0.29) is 11.9 Å². The Hall–Kier alpha value is -2.80. The number of hydrogen-bond donors (Lipinski definition) is 2. The molecule has 0 saturated carbocycles. The third-order valence-electron chi connectivity index (χ3n) is 4.44. The number of halogens is 1. The molecule has 0 aliphatic carbocycles. The van der Waals surface area contributed by atoms with Gasteiger partial charge in [0.15, 0.2) is 17.5 Å². The van der Waals surface area contributed by atoms with Crippen molar-refractivity contribution in [2.75, 3.05) is 41.0 Å². The van der Waals surface area contributed by atoms with Gasteiger partial charge in [-0.05, 0) is 48.7 Å². The van der Waals surface area contributed by atoms with E-state index in [1.165, 1.54) is 12.1 Å². The van der Waals surface area contributed by atoms with Crippen LogP contribution < -0.4 is 20.1 Å². The molecule has 2 N–H and O–H groups in total. The summed E-state index contributed by atoms with van der Waals surface area (Å²) < 4.78 is 29.3. The molecule has 2 rings (SSSR count). The third kappa shape index (κ3) is 6.94. The molecule has 0 aliphatic heterocycles. The van der Waals surface area contributed by atoms with Crippen LogP contribution in [0.2, 0.25) is 0 Å². The highest BCUT2D eigenvalue weighted by atomic mass is 19.1. The molecule has 0 saturated heterocycles. The summed E-state index contributed by atoms with van der Waals surface area (Å²) in [4.78, 5) is 4.61. The van der Waals surface area contributed by atoms with Gasteiger partial charge in [0.05, 0.1) is 20.8 Å². The van der Waals surface area contributed by atoms with E-state index in [4.69, 9.17) is 14.2 Å². The average molecular weight is 403 g/mol. The zero-order valence-corrected chi connectivity index (χ0v) is 17.5. The number of guanidine groups is 1. The topological polar surface area (TPSA) is 64.1 Å². The van der Waals surface area contributed by atoms with Crippen LogP contribution in [0.1, 0.15) is 24.2 Å². The Morgan fingerprint density at radius 3 is 2.34 bits per heavy atom. The summed E-state index contributed by atoms with van der Waals surface area (Å²) >= 11 is 0. The Morgan fingerprint density at radius 1 is 1.00 bits per heavy atom. The predicted molar refractivity (Wildman–Crippen MR) is 113 cm³/mol. The molecule has 0 spiro atoms. The zero-order chi connectivity index (χ0) is 21.1. The smallest absolute Gasteiger partial charge is 0.191 e. The Balaban J connectivity index is 1.95. The molecule has 0 amide bonds. The lowest BCUT2D eigenvalue weighted by molar-refractivity contribution is 0.111. The minimum absolute atomic E-state index is 0.239. The van der Waals surface area contributed by atoms with Gasteiger partial charge in [-0.25, -0.2) is 4.39 Å². The largest absolute Gasteiger partial charge is 0.493 e. The first-order valence-corrected chi connectivity index (χ1v) is 9.62. The lowest BCUT2D eigenvalue weighted by atomic mass is 10.1. The molecule has 0 aliphatic rings. The molecule has 2 aromatic carbocycles. The van der Waals surface area contributed by atoms with Crippen LogP contribution in [0.15, 0.2) is 47.5 Å². The molecular formula is C22H30FN3O3. The Bertz CT molecular complexity index is 781. The molecule has 0 radical (unpaired) electrons. The van der Waals surface area contributed by atoms with Gasteiger partial charge < -0.3 is 24.8 Å². The van der Waals surface area contributed by atoms with E-state index in [0.717, 1.165) is 24.1 Å². The van der Waals surface area contributed by atoms with Crippen LogP contribution in [0.5, 0.6) is 11.5 Å². The van der Waals surface area contributed by atoms with Crippen LogP contribution in [0.3, 0.4) is 0 Å². The molecule has 158 valence electrons. The van der Waals surface area contributed by atoms with Gasteiger partial charge in [0.1, 0.15) is 11.9 Å². The predicted octanol–water partition coefficient (Wildman–Crippen LogP) is 3.33. The van der Waals surface area contributed by atoms with Crippen molar-refractivity contribution in [3.8, 4) is 11.5 Å². The highest BCUT2D eigenvalue weighted by Crippen LogP contribution is 2.27. The van der Waals surface area contributed by atoms with E-state index in [2.05, 4.69) is 15.6 Å². The summed E-state index contributed by atoms with van der Waals surface area (Å²) in [6.45, 7) is 3.89. The van der Waals surface area contributed by atoms with Crippen LogP contribution in [0, 0.1) is 5.82 Å². The molecule has 1 atom stereocenters. The number of hydrogen-bond acceptors (Lipinski definition) is 4. The number of methoxy groups -OCH3 is 3. The summed E-state index contributed by atoms with van der Waals surface area (Å²) in [5.74, 6) is 1.87. The quantitative estimate of drug-likeness (QED) is 0.471. The van der Waals surface area contributed by atoms with Crippen molar-refractivity contribution in [3.63, 3.8) is 0 Å². The Morgan fingerprint density at radius 2 is 1.72 bits per heavy atom. The molecule has 29 heavy (non-hydrogen) atoms. The SMILES string of the molecule is CCNC(=NCC(OC)c1ccc(F)cc1)NCCc1ccc(OC)c(OC)c1. The maximum Gasteiger partial charge on any atom is 0.191 e. The highest BCUT2D eigenvalue weighted by Gasteiger charge is 2.11. The Kier molecular flexibility index (Phi) is 9.24. The first-order chi connectivity index (χ1) is 14.1. The molecule has 0 aromatic heterocycles. The average Bonchev–Trinajstić information content (AvgIpc) is 2.75. The van der Waals surface area contributed by atoms with Gasteiger partial charge in [0.25, 0.3) is 0 Å². The monoisotopic (exact) mass is 403 g/mol. The molecule has 0 fully saturated rings. The van der Waals surface area contributed by atoms with Crippen molar-refractivity contribution in [2.24, 2.45) is 4.99 Å². The van der Waals surface area contributed by atoms with Crippen LogP contribution in [0.25, 0.3) is 0 Å². The number of rotatable bonds is 10. The molecule has 6 nitrogen and oxygen atoms in total. The van der Waals surface area contributed by atoms with Gasteiger partial charge in [-0.15, -0.1) is 0 Å². The summed E-state index contributed by atoms with van der Waals surface area (Å²) in [5, 5.41) is 6.55. The second kappa shape index (κ2) is 11.9. The standard InChI is InChI=1S/C22H30FN3O3/c1-5-24-22(26-15-21(29-4)17-7-9-18(23)10-8-17)25-13-12-16-6-11-19(27-2)20(14-16)28-3/h6-11,14,21H,5,12-13,15H2,1-4H3,(H2,24,25,26). The summed E-state index contributed by atoms with van der Waals surface area (Å²) in [7, 11) is 4.88. The number of ether oxygens (including phenoxy) is 3. The van der Waals surface area contributed by atoms with Crippen LogP contribution >= 0.6 is 0 Å². The molecule has 7 heteroatoms. The van der Waals surface area contributed by atoms with Gasteiger partial charge in [-0.3, -0.25) is 4.99 Å². The number of nitrogens with one attached hydrogen (secondary N) is 2. The van der Waals surface area contributed by atoms with Crippen molar-refractivity contribution < 1.29 is 18.6 Å². The minimum Gasteiger partial charge on any atom is -0.493 e. The van der Waals surface area contributed by atoms with Gasteiger partial charge in [-0.1, -0.05) is 18.2 Å². The van der Waals surface area contributed by atoms with Crippen LogP contribution in [-0.4, -0.2) is 46.9 Å². The Labute approximate surface area is 172 Å². The number of nitrogens with zero attached hydrogens (tertiary/aromatic N) is 1. The van der Waals surface area contributed by atoms with E-state index in [0.29, 0.717) is 30.5 Å². The van der Waals surface area contributed by atoms with Crippen LogP contribution in [-0.2, 0) is 11.2 Å². The number of benzene rings is 2. The fraction of sp³-hybridized carbons (Fsp3) is 0.409. The molecule has 2 aromatic rings. The van der Waals surface area contributed by atoms with Crippen molar-refractivity contribution >= 4 is 5.96 Å². The maximum absolute atomic E-state index is 13.1. The van der Waals surface area contributed by atoms with E-state index in [1.54, 1.807) is 33.5 Å².